The van der Waals surface area contributed by atoms with Crippen LogP contribution in [0.4, 0.5) is 5.69 Å². The van der Waals surface area contributed by atoms with Crippen molar-refractivity contribution < 1.29 is 14.3 Å². The van der Waals surface area contributed by atoms with E-state index in [4.69, 9.17) is 4.74 Å². The first-order chi connectivity index (χ1) is 15.5. The quantitative estimate of drug-likeness (QED) is 0.551. The van der Waals surface area contributed by atoms with Crippen molar-refractivity contribution in [1.82, 2.24) is 4.90 Å². The molecule has 2 aromatic rings. The Bertz CT molecular complexity index is 903. The molecule has 1 N–H and O–H groups in total. The molecule has 5 heteroatoms. The van der Waals surface area contributed by atoms with Crippen molar-refractivity contribution >= 4 is 17.5 Å². The van der Waals surface area contributed by atoms with E-state index < -0.39 is 6.10 Å². The second-order valence-electron chi connectivity index (χ2n) is 8.64. The van der Waals surface area contributed by atoms with Gasteiger partial charge in [-0.05, 0) is 61.4 Å². The van der Waals surface area contributed by atoms with E-state index in [9.17, 15) is 9.59 Å². The molecule has 0 bridgehead atoms. The van der Waals surface area contributed by atoms with E-state index in [0.717, 1.165) is 43.7 Å². The van der Waals surface area contributed by atoms with E-state index in [0.29, 0.717) is 23.6 Å². The summed E-state index contributed by atoms with van der Waals surface area (Å²) in [5, 5.41) is 2.95. The lowest BCUT2D eigenvalue weighted by atomic mass is 9.98. The van der Waals surface area contributed by atoms with Gasteiger partial charge >= 0.3 is 0 Å². The van der Waals surface area contributed by atoms with Gasteiger partial charge in [0.1, 0.15) is 5.75 Å². The van der Waals surface area contributed by atoms with Gasteiger partial charge in [0, 0.05) is 24.3 Å². The number of benzene rings is 2. The summed E-state index contributed by atoms with van der Waals surface area (Å²) in [6, 6.07) is 15.2. The van der Waals surface area contributed by atoms with Crippen molar-refractivity contribution in [2.24, 2.45) is 0 Å². The topological polar surface area (TPSA) is 58.6 Å². The molecule has 1 aliphatic heterocycles. The second-order valence-corrected chi connectivity index (χ2v) is 8.64. The van der Waals surface area contributed by atoms with Crippen LogP contribution in [0.5, 0.6) is 5.75 Å². The average Bonchev–Trinajstić information content (AvgIpc) is 3.11. The number of hydrogen-bond donors (Lipinski definition) is 1. The number of ether oxygens (including phenoxy) is 1. The van der Waals surface area contributed by atoms with Gasteiger partial charge in [-0.15, -0.1) is 0 Å². The van der Waals surface area contributed by atoms with E-state index in [-0.39, 0.29) is 11.8 Å². The van der Waals surface area contributed by atoms with Crippen LogP contribution in [0, 0.1) is 0 Å². The van der Waals surface area contributed by atoms with E-state index in [1.54, 1.807) is 6.07 Å². The van der Waals surface area contributed by atoms with E-state index in [2.05, 4.69) is 25.2 Å². The van der Waals surface area contributed by atoms with Crippen LogP contribution in [0.15, 0.2) is 48.5 Å². The van der Waals surface area contributed by atoms with Crippen LogP contribution >= 0.6 is 0 Å². The van der Waals surface area contributed by atoms with Crippen molar-refractivity contribution in [3.63, 3.8) is 0 Å². The molecule has 2 atom stereocenters. The number of carbonyl (C=O) groups is 2. The fourth-order valence-electron chi connectivity index (χ4n) is 4.10. The summed E-state index contributed by atoms with van der Waals surface area (Å²) in [7, 11) is 0. The summed E-state index contributed by atoms with van der Waals surface area (Å²) in [5.41, 5.74) is 2.35. The number of rotatable bonds is 8. The summed E-state index contributed by atoms with van der Waals surface area (Å²) in [6.45, 7) is 7.85. The van der Waals surface area contributed by atoms with Crippen LogP contribution in [0.1, 0.15) is 81.1 Å². The number of likely N-dealkylation sites (tertiary alicyclic amines) is 1. The van der Waals surface area contributed by atoms with Gasteiger partial charge in [-0.3, -0.25) is 9.59 Å². The number of nitrogens with one attached hydrogen (secondary N) is 1. The number of carbonyl (C=O) groups excluding carboxylic acids is 2. The first kappa shape index (κ1) is 23.8. The highest BCUT2D eigenvalue weighted by Gasteiger charge is 2.22. The van der Waals surface area contributed by atoms with Crippen LogP contribution in [0.3, 0.4) is 0 Å². The number of para-hydroxylation sites is 1. The summed E-state index contributed by atoms with van der Waals surface area (Å²) in [6.07, 6.45) is 5.40. The van der Waals surface area contributed by atoms with Gasteiger partial charge in [0.2, 0.25) is 0 Å². The maximum absolute atomic E-state index is 13.0. The van der Waals surface area contributed by atoms with Gasteiger partial charge in [0.05, 0.1) is 0 Å². The molecule has 5 nitrogen and oxygen atoms in total. The maximum atomic E-state index is 13.0. The molecule has 2 amide bonds. The van der Waals surface area contributed by atoms with Crippen molar-refractivity contribution in [3.8, 4) is 5.75 Å². The molecule has 0 saturated carbocycles. The zero-order valence-corrected chi connectivity index (χ0v) is 19.6. The molecule has 0 spiro atoms. The number of anilines is 1. The Labute approximate surface area is 192 Å². The molecule has 1 aliphatic rings. The minimum absolute atomic E-state index is 0.0359. The standard InChI is InChI=1S/C27H36N2O3/c1-4-20(3)23-15-8-9-16-25(23)32-24(5-2)26(30)28-22-14-12-13-21(19-22)27(31)29-17-10-6-7-11-18-29/h8-9,12-16,19-20,24H,4-7,10-11,17-18H2,1-3H3,(H,28,30). The van der Waals surface area contributed by atoms with Crippen molar-refractivity contribution in [2.45, 2.75) is 71.3 Å². The predicted molar refractivity (Wildman–Crippen MR) is 129 cm³/mol. The fraction of sp³-hybridized carbons (Fsp3) is 0.481. The first-order valence-corrected chi connectivity index (χ1v) is 12.0. The van der Waals surface area contributed by atoms with Gasteiger partial charge in [-0.2, -0.15) is 0 Å². The third-order valence-corrected chi connectivity index (χ3v) is 6.27. The van der Waals surface area contributed by atoms with Crippen molar-refractivity contribution in [2.75, 3.05) is 18.4 Å². The lowest BCUT2D eigenvalue weighted by Gasteiger charge is -2.22. The smallest absolute Gasteiger partial charge is 0.265 e. The third kappa shape index (κ3) is 6.12. The maximum Gasteiger partial charge on any atom is 0.265 e. The molecule has 0 radical (unpaired) electrons. The van der Waals surface area contributed by atoms with Crippen molar-refractivity contribution in [1.29, 1.82) is 0 Å². The highest BCUT2D eigenvalue weighted by Crippen LogP contribution is 2.29. The normalized spacial score (nSPS) is 16.0. The van der Waals surface area contributed by atoms with E-state index in [1.807, 2.05) is 48.2 Å². The number of hydrogen-bond acceptors (Lipinski definition) is 3. The van der Waals surface area contributed by atoms with E-state index >= 15 is 0 Å². The molecule has 172 valence electrons. The first-order valence-electron chi connectivity index (χ1n) is 12.0. The van der Waals surface area contributed by atoms with Gasteiger partial charge < -0.3 is 15.0 Å². The lowest BCUT2D eigenvalue weighted by molar-refractivity contribution is -0.122. The Morgan fingerprint density at radius 3 is 2.38 bits per heavy atom. The van der Waals surface area contributed by atoms with Gasteiger partial charge in [-0.25, -0.2) is 0 Å². The Morgan fingerprint density at radius 2 is 1.69 bits per heavy atom. The molecule has 0 aliphatic carbocycles. The van der Waals surface area contributed by atoms with Crippen LogP contribution in [0.2, 0.25) is 0 Å². The fourth-order valence-corrected chi connectivity index (χ4v) is 4.10. The summed E-state index contributed by atoms with van der Waals surface area (Å²) in [5.74, 6) is 0.946. The molecule has 32 heavy (non-hydrogen) atoms. The SMILES string of the molecule is CCC(Oc1ccccc1C(C)CC)C(=O)Nc1cccc(C(=O)N2CCCCCC2)c1. The Kier molecular flexibility index (Phi) is 8.72. The van der Waals surface area contributed by atoms with E-state index in [1.165, 1.54) is 12.8 Å². The Hall–Kier alpha value is -2.82. The molecule has 3 rings (SSSR count). The number of nitrogens with zero attached hydrogens (tertiary/aromatic N) is 1. The second kappa shape index (κ2) is 11.7. The number of amides is 2. The zero-order chi connectivity index (χ0) is 22.9. The third-order valence-electron chi connectivity index (χ3n) is 6.27. The monoisotopic (exact) mass is 436 g/mol. The van der Waals surface area contributed by atoms with Crippen LogP contribution in [-0.4, -0.2) is 35.9 Å². The molecule has 1 fully saturated rings. The molecule has 2 aromatic carbocycles. The van der Waals surface area contributed by atoms with Gasteiger partial charge in [0.25, 0.3) is 11.8 Å². The Morgan fingerprint density at radius 1 is 0.969 bits per heavy atom. The van der Waals surface area contributed by atoms with Gasteiger partial charge in [-0.1, -0.05) is 57.9 Å². The van der Waals surface area contributed by atoms with Crippen molar-refractivity contribution in [3.05, 3.63) is 59.7 Å². The average molecular weight is 437 g/mol. The highest BCUT2D eigenvalue weighted by molar-refractivity contribution is 5.98. The molecule has 1 saturated heterocycles. The lowest BCUT2D eigenvalue weighted by Crippen LogP contribution is -2.33. The highest BCUT2D eigenvalue weighted by atomic mass is 16.5. The molecule has 2 unspecified atom stereocenters. The zero-order valence-electron chi connectivity index (χ0n) is 19.6. The molecular weight excluding hydrogens is 400 g/mol. The Balaban J connectivity index is 1.69. The largest absolute Gasteiger partial charge is 0.480 e. The molecule has 1 heterocycles. The summed E-state index contributed by atoms with van der Waals surface area (Å²) < 4.78 is 6.15. The predicted octanol–water partition coefficient (Wildman–Crippen LogP) is 6.01. The summed E-state index contributed by atoms with van der Waals surface area (Å²) >= 11 is 0. The van der Waals surface area contributed by atoms with Gasteiger partial charge in [0.15, 0.2) is 6.10 Å². The molecular formula is C27H36N2O3. The minimum Gasteiger partial charge on any atom is -0.480 e. The van der Waals surface area contributed by atoms with Crippen LogP contribution in [-0.2, 0) is 4.79 Å². The molecule has 0 aromatic heterocycles. The minimum atomic E-state index is -0.606. The summed E-state index contributed by atoms with van der Waals surface area (Å²) in [4.78, 5) is 27.9. The van der Waals surface area contributed by atoms with Crippen LogP contribution in [0.25, 0.3) is 0 Å². The van der Waals surface area contributed by atoms with Crippen LogP contribution < -0.4 is 10.1 Å².